The number of amides is 1. The SMILES string of the molecule is O=C(CSc1ccc(Cl)cc1)NN=Cc1ccc(Br)cc1. The van der Waals surface area contributed by atoms with Crippen molar-refractivity contribution in [1.29, 1.82) is 0 Å². The molecule has 2 aromatic rings. The van der Waals surface area contributed by atoms with Gasteiger partial charge in [0, 0.05) is 14.4 Å². The normalized spacial score (nSPS) is 10.8. The first-order chi connectivity index (χ1) is 10.1. The lowest BCUT2D eigenvalue weighted by atomic mass is 10.2. The highest BCUT2D eigenvalue weighted by molar-refractivity contribution is 9.10. The van der Waals surface area contributed by atoms with Crippen LogP contribution in [0, 0.1) is 0 Å². The predicted octanol–water partition coefficient (Wildman–Crippen LogP) is 4.34. The quantitative estimate of drug-likeness (QED) is 0.474. The molecule has 0 fully saturated rings. The lowest BCUT2D eigenvalue weighted by Crippen LogP contribution is -2.19. The van der Waals surface area contributed by atoms with Crippen LogP contribution in [0.15, 0.2) is 63.0 Å². The Morgan fingerprint density at radius 2 is 1.86 bits per heavy atom. The standard InChI is InChI=1S/C15H12BrClN2OS/c16-12-3-1-11(2-4-12)9-18-19-15(20)10-21-14-7-5-13(17)6-8-14/h1-9H,10H2,(H,19,20). The van der Waals surface area contributed by atoms with E-state index in [9.17, 15) is 4.79 Å². The second kappa shape index (κ2) is 8.22. The third-order valence-electron chi connectivity index (χ3n) is 2.46. The fourth-order valence-corrected chi connectivity index (χ4v) is 2.52. The summed E-state index contributed by atoms with van der Waals surface area (Å²) in [6.45, 7) is 0. The number of hydrazone groups is 1. The van der Waals surface area contributed by atoms with Gasteiger partial charge in [0.15, 0.2) is 0 Å². The summed E-state index contributed by atoms with van der Waals surface area (Å²) < 4.78 is 1.00. The molecular formula is C15H12BrClN2OS. The summed E-state index contributed by atoms with van der Waals surface area (Å²) in [7, 11) is 0. The molecule has 0 aliphatic rings. The summed E-state index contributed by atoms with van der Waals surface area (Å²) >= 11 is 10.6. The maximum atomic E-state index is 11.6. The molecule has 1 N–H and O–H groups in total. The predicted molar refractivity (Wildman–Crippen MR) is 92.1 cm³/mol. The average molecular weight is 384 g/mol. The number of hydrogen-bond acceptors (Lipinski definition) is 3. The molecule has 0 heterocycles. The zero-order valence-corrected chi connectivity index (χ0v) is 14.1. The zero-order chi connectivity index (χ0) is 15.1. The van der Waals surface area contributed by atoms with E-state index >= 15 is 0 Å². The van der Waals surface area contributed by atoms with Gasteiger partial charge >= 0.3 is 0 Å². The van der Waals surface area contributed by atoms with Crippen molar-refractivity contribution in [2.75, 3.05) is 5.75 Å². The van der Waals surface area contributed by atoms with E-state index in [1.165, 1.54) is 11.8 Å². The molecule has 0 saturated heterocycles. The number of nitrogens with one attached hydrogen (secondary N) is 1. The Bertz CT molecular complexity index is 629. The van der Waals surface area contributed by atoms with E-state index in [-0.39, 0.29) is 5.91 Å². The lowest BCUT2D eigenvalue weighted by molar-refractivity contribution is -0.118. The molecule has 0 aliphatic heterocycles. The van der Waals surface area contributed by atoms with Crippen LogP contribution in [0.2, 0.25) is 5.02 Å². The number of benzene rings is 2. The molecule has 108 valence electrons. The summed E-state index contributed by atoms with van der Waals surface area (Å²) in [5, 5.41) is 4.61. The molecule has 2 rings (SSSR count). The summed E-state index contributed by atoms with van der Waals surface area (Å²) in [5.41, 5.74) is 3.42. The zero-order valence-electron chi connectivity index (χ0n) is 10.9. The highest BCUT2D eigenvalue weighted by Gasteiger charge is 2.01. The second-order valence-electron chi connectivity index (χ2n) is 4.09. The van der Waals surface area contributed by atoms with E-state index in [1.54, 1.807) is 18.3 Å². The van der Waals surface area contributed by atoms with E-state index < -0.39 is 0 Å². The highest BCUT2D eigenvalue weighted by atomic mass is 79.9. The molecule has 3 nitrogen and oxygen atoms in total. The maximum Gasteiger partial charge on any atom is 0.250 e. The number of nitrogens with zero attached hydrogens (tertiary/aromatic N) is 1. The third-order valence-corrected chi connectivity index (χ3v) is 4.25. The molecule has 0 unspecified atom stereocenters. The summed E-state index contributed by atoms with van der Waals surface area (Å²) in [4.78, 5) is 12.6. The molecule has 0 atom stereocenters. The van der Waals surface area contributed by atoms with Gasteiger partial charge in [-0.05, 0) is 42.0 Å². The Balaban J connectivity index is 1.77. The van der Waals surface area contributed by atoms with Gasteiger partial charge in [0.25, 0.3) is 0 Å². The first-order valence-corrected chi connectivity index (χ1v) is 8.25. The van der Waals surface area contributed by atoms with Gasteiger partial charge in [-0.15, -0.1) is 11.8 Å². The van der Waals surface area contributed by atoms with Crippen molar-refractivity contribution in [3.8, 4) is 0 Å². The van der Waals surface area contributed by atoms with Gasteiger partial charge in [-0.1, -0.05) is 39.7 Å². The van der Waals surface area contributed by atoms with Crippen LogP contribution in [-0.4, -0.2) is 17.9 Å². The smallest absolute Gasteiger partial charge is 0.250 e. The molecule has 21 heavy (non-hydrogen) atoms. The van der Waals surface area contributed by atoms with Crippen molar-refractivity contribution in [1.82, 2.24) is 5.43 Å². The minimum absolute atomic E-state index is 0.150. The summed E-state index contributed by atoms with van der Waals surface area (Å²) in [6.07, 6.45) is 1.61. The van der Waals surface area contributed by atoms with E-state index in [0.29, 0.717) is 10.8 Å². The highest BCUT2D eigenvalue weighted by Crippen LogP contribution is 2.19. The number of hydrogen-bond donors (Lipinski definition) is 1. The van der Waals surface area contributed by atoms with Crippen LogP contribution >= 0.6 is 39.3 Å². The first-order valence-electron chi connectivity index (χ1n) is 6.09. The van der Waals surface area contributed by atoms with E-state index in [0.717, 1.165) is 14.9 Å². The molecular weight excluding hydrogens is 372 g/mol. The summed E-state index contributed by atoms with van der Waals surface area (Å²) in [6, 6.07) is 15.0. The van der Waals surface area contributed by atoms with E-state index in [2.05, 4.69) is 26.5 Å². The number of rotatable bonds is 5. The van der Waals surface area contributed by atoms with Crippen LogP contribution in [0.25, 0.3) is 0 Å². The molecule has 6 heteroatoms. The van der Waals surface area contributed by atoms with E-state index in [1.807, 2.05) is 36.4 Å². The lowest BCUT2D eigenvalue weighted by Gasteiger charge is -2.01. The van der Waals surface area contributed by atoms with Crippen molar-refractivity contribution in [2.24, 2.45) is 5.10 Å². The van der Waals surface area contributed by atoms with Gasteiger partial charge in [-0.2, -0.15) is 5.10 Å². The van der Waals surface area contributed by atoms with Crippen molar-refractivity contribution < 1.29 is 4.79 Å². The Labute approximate surface area is 140 Å². The Hall–Kier alpha value is -1.30. The maximum absolute atomic E-state index is 11.6. The first kappa shape index (κ1) is 16.1. The van der Waals surface area contributed by atoms with Crippen LogP contribution in [-0.2, 0) is 4.79 Å². The molecule has 0 spiro atoms. The fourth-order valence-electron chi connectivity index (χ4n) is 1.44. The monoisotopic (exact) mass is 382 g/mol. The van der Waals surface area contributed by atoms with Gasteiger partial charge in [0.05, 0.1) is 12.0 Å². The number of carbonyl (C=O) groups is 1. The summed E-state index contributed by atoms with van der Waals surface area (Å²) in [5.74, 6) is 0.155. The molecule has 0 radical (unpaired) electrons. The van der Waals surface area contributed by atoms with Gasteiger partial charge in [0.2, 0.25) is 5.91 Å². The third kappa shape index (κ3) is 5.91. The van der Waals surface area contributed by atoms with Gasteiger partial charge in [0.1, 0.15) is 0 Å². The minimum Gasteiger partial charge on any atom is -0.272 e. The Morgan fingerprint density at radius 3 is 2.52 bits per heavy atom. The number of carbonyl (C=O) groups excluding carboxylic acids is 1. The minimum atomic E-state index is -0.150. The van der Waals surface area contributed by atoms with Gasteiger partial charge < -0.3 is 0 Å². The van der Waals surface area contributed by atoms with Crippen molar-refractivity contribution in [3.05, 3.63) is 63.6 Å². The number of thioether (sulfide) groups is 1. The molecule has 0 saturated carbocycles. The van der Waals surface area contributed by atoms with Crippen molar-refractivity contribution >= 4 is 51.4 Å². The molecule has 1 amide bonds. The van der Waals surface area contributed by atoms with Crippen LogP contribution in [0.3, 0.4) is 0 Å². The molecule has 2 aromatic carbocycles. The van der Waals surface area contributed by atoms with E-state index in [4.69, 9.17) is 11.6 Å². The van der Waals surface area contributed by atoms with Gasteiger partial charge in [-0.3, -0.25) is 4.79 Å². The van der Waals surface area contributed by atoms with Crippen LogP contribution in [0.1, 0.15) is 5.56 Å². The van der Waals surface area contributed by atoms with Crippen LogP contribution in [0.4, 0.5) is 0 Å². The van der Waals surface area contributed by atoms with Crippen LogP contribution < -0.4 is 5.43 Å². The van der Waals surface area contributed by atoms with Gasteiger partial charge in [-0.25, -0.2) is 5.43 Å². The van der Waals surface area contributed by atoms with Crippen molar-refractivity contribution in [2.45, 2.75) is 4.90 Å². The molecule has 0 aliphatic carbocycles. The van der Waals surface area contributed by atoms with Crippen molar-refractivity contribution in [3.63, 3.8) is 0 Å². The molecule has 0 aromatic heterocycles. The average Bonchev–Trinajstić information content (AvgIpc) is 2.49. The Kier molecular flexibility index (Phi) is 6.29. The number of halogens is 2. The Morgan fingerprint density at radius 1 is 1.19 bits per heavy atom. The van der Waals surface area contributed by atoms with Crippen LogP contribution in [0.5, 0.6) is 0 Å². The fraction of sp³-hybridized carbons (Fsp3) is 0.0667. The molecule has 0 bridgehead atoms. The second-order valence-corrected chi connectivity index (χ2v) is 6.49. The largest absolute Gasteiger partial charge is 0.272 e. The topological polar surface area (TPSA) is 41.5 Å².